The molecule has 0 saturated carbocycles. The molecule has 1 aliphatic carbocycles. The zero-order valence-electron chi connectivity index (χ0n) is 15.1. The van der Waals surface area contributed by atoms with E-state index in [2.05, 4.69) is 43.6 Å². The molecule has 2 aromatic carbocycles. The maximum atomic E-state index is 12.7. The number of aryl methyl sites for hydroxylation is 1. The molecule has 2 aromatic rings. The molecule has 3 rings (SSSR count). The highest BCUT2D eigenvalue weighted by Gasteiger charge is 2.33. The lowest BCUT2D eigenvalue weighted by Crippen LogP contribution is -2.25. The van der Waals surface area contributed by atoms with Gasteiger partial charge in [-0.05, 0) is 54.2 Å². The molecule has 0 heterocycles. The number of allylic oxidation sites excluding steroid dienone is 1. The minimum atomic E-state index is -0.392. The van der Waals surface area contributed by atoms with Crippen LogP contribution in [-0.2, 0) is 6.42 Å². The molecule has 0 bridgehead atoms. The number of benzene rings is 2. The molecule has 2 nitrogen and oxygen atoms in total. The Labute approximate surface area is 150 Å². The number of hydrogen-bond acceptors (Lipinski definition) is 2. The summed E-state index contributed by atoms with van der Waals surface area (Å²) in [7, 11) is 0. The third kappa shape index (κ3) is 3.30. The topological polar surface area (TPSA) is 29.1 Å². The second-order valence-electron chi connectivity index (χ2n) is 6.77. The van der Waals surface area contributed by atoms with Gasteiger partial charge in [-0.25, -0.2) is 0 Å². The van der Waals surface area contributed by atoms with E-state index in [4.69, 9.17) is 0 Å². The highest BCUT2D eigenvalue weighted by atomic mass is 16.1. The van der Waals surface area contributed by atoms with E-state index >= 15 is 0 Å². The van der Waals surface area contributed by atoms with Crippen molar-refractivity contribution in [1.82, 2.24) is 0 Å². The zero-order valence-corrected chi connectivity index (χ0v) is 15.1. The van der Waals surface area contributed by atoms with Crippen molar-refractivity contribution >= 4 is 22.6 Å². The first-order valence-corrected chi connectivity index (χ1v) is 8.90. The van der Waals surface area contributed by atoms with Crippen LogP contribution in [0.5, 0.6) is 0 Å². The van der Waals surface area contributed by atoms with Gasteiger partial charge in [-0.15, -0.1) is 0 Å². The summed E-state index contributed by atoms with van der Waals surface area (Å²) in [5.74, 6) is 0.0903. The number of fused-ring (bicyclic) bond motifs is 1. The number of carbonyl (C=O) groups is 1. The van der Waals surface area contributed by atoms with Crippen LogP contribution in [-0.4, -0.2) is 11.8 Å². The summed E-state index contributed by atoms with van der Waals surface area (Å²) in [5, 5.41) is 3.38. The standard InChI is InChI=1S/C23H25NO/c1-5-6-9-17-12-13-18(14-21(17)15(2)3)24-22-16(4)19-10-7-8-11-20(19)23(22)25/h7-8,10-14,22,24H,2,4-6,9H2,1,3H3. The molecular formula is C23H25NO. The number of carbonyl (C=O) groups excluding carboxylic acids is 1. The Bertz CT molecular complexity index is 812. The maximum Gasteiger partial charge on any atom is 0.190 e. The molecule has 0 saturated heterocycles. The van der Waals surface area contributed by atoms with Crippen LogP contribution in [0.3, 0.4) is 0 Å². The molecule has 1 aliphatic rings. The lowest BCUT2D eigenvalue weighted by Gasteiger charge is -2.17. The minimum Gasteiger partial charge on any atom is -0.371 e. The fourth-order valence-corrected chi connectivity index (χ4v) is 3.42. The van der Waals surface area contributed by atoms with Crippen LogP contribution in [0.2, 0.25) is 0 Å². The van der Waals surface area contributed by atoms with Gasteiger partial charge in [-0.3, -0.25) is 4.79 Å². The Morgan fingerprint density at radius 2 is 1.88 bits per heavy atom. The number of anilines is 1. The fraction of sp³-hybridized carbons (Fsp3) is 0.261. The van der Waals surface area contributed by atoms with Crippen molar-refractivity contribution in [2.45, 2.75) is 39.2 Å². The first-order chi connectivity index (χ1) is 12.0. The molecule has 0 aromatic heterocycles. The van der Waals surface area contributed by atoms with Crippen molar-refractivity contribution in [2.75, 3.05) is 5.32 Å². The quantitative estimate of drug-likeness (QED) is 0.730. The summed E-state index contributed by atoms with van der Waals surface area (Å²) >= 11 is 0. The highest BCUT2D eigenvalue weighted by Crippen LogP contribution is 2.33. The first-order valence-electron chi connectivity index (χ1n) is 8.90. The Balaban J connectivity index is 1.87. The summed E-state index contributed by atoms with van der Waals surface area (Å²) in [5.41, 5.74) is 7.02. The number of rotatable bonds is 6. The van der Waals surface area contributed by atoms with Crippen molar-refractivity contribution in [3.8, 4) is 0 Å². The van der Waals surface area contributed by atoms with Gasteiger partial charge in [0.25, 0.3) is 0 Å². The van der Waals surface area contributed by atoms with Crippen molar-refractivity contribution in [3.63, 3.8) is 0 Å². The Morgan fingerprint density at radius 3 is 2.52 bits per heavy atom. The Hall–Kier alpha value is -2.61. The van der Waals surface area contributed by atoms with E-state index in [0.717, 1.165) is 34.4 Å². The molecule has 0 spiro atoms. The van der Waals surface area contributed by atoms with Crippen molar-refractivity contribution in [1.29, 1.82) is 0 Å². The predicted molar refractivity (Wildman–Crippen MR) is 107 cm³/mol. The van der Waals surface area contributed by atoms with Gasteiger partial charge in [0.15, 0.2) is 5.78 Å². The van der Waals surface area contributed by atoms with E-state index in [1.165, 1.54) is 24.0 Å². The van der Waals surface area contributed by atoms with E-state index in [9.17, 15) is 4.79 Å². The molecule has 1 atom stereocenters. The third-order valence-corrected chi connectivity index (χ3v) is 4.83. The van der Waals surface area contributed by atoms with Gasteiger partial charge >= 0.3 is 0 Å². The molecule has 1 N–H and O–H groups in total. The van der Waals surface area contributed by atoms with Gasteiger partial charge in [-0.1, -0.05) is 62.4 Å². The SMILES string of the molecule is C=C(C)c1cc(NC2C(=C)c3ccccc3C2=O)ccc1CCCC. The molecule has 1 unspecified atom stereocenters. The number of hydrogen-bond donors (Lipinski definition) is 1. The molecule has 25 heavy (non-hydrogen) atoms. The van der Waals surface area contributed by atoms with Gasteiger partial charge < -0.3 is 5.32 Å². The van der Waals surface area contributed by atoms with Crippen molar-refractivity contribution in [3.05, 3.63) is 77.9 Å². The normalized spacial score (nSPS) is 16.0. The third-order valence-electron chi connectivity index (χ3n) is 4.83. The van der Waals surface area contributed by atoms with Crippen LogP contribution in [0.15, 0.2) is 55.6 Å². The average molecular weight is 331 g/mol. The lowest BCUT2D eigenvalue weighted by molar-refractivity contribution is 0.0994. The van der Waals surface area contributed by atoms with E-state index in [1.807, 2.05) is 31.2 Å². The molecule has 0 aliphatic heterocycles. The van der Waals surface area contributed by atoms with E-state index in [1.54, 1.807) is 0 Å². The molecule has 0 radical (unpaired) electrons. The van der Waals surface area contributed by atoms with Crippen LogP contribution in [0.1, 0.15) is 53.7 Å². The number of Topliss-reactive ketones (excluding diaryl/α,β-unsaturated/α-hetero) is 1. The van der Waals surface area contributed by atoms with E-state index in [-0.39, 0.29) is 5.78 Å². The fourth-order valence-electron chi connectivity index (χ4n) is 3.42. The monoisotopic (exact) mass is 331 g/mol. The van der Waals surface area contributed by atoms with Crippen LogP contribution < -0.4 is 5.32 Å². The second-order valence-corrected chi connectivity index (χ2v) is 6.77. The largest absolute Gasteiger partial charge is 0.371 e. The van der Waals surface area contributed by atoms with E-state index in [0.29, 0.717) is 0 Å². The predicted octanol–water partition coefficient (Wildman–Crippen LogP) is 5.75. The summed E-state index contributed by atoms with van der Waals surface area (Å²) in [6.45, 7) is 12.5. The molecule has 0 fully saturated rings. The summed E-state index contributed by atoms with van der Waals surface area (Å²) in [6, 6.07) is 13.6. The van der Waals surface area contributed by atoms with Crippen LogP contribution in [0, 0.1) is 0 Å². The number of unbranched alkanes of at least 4 members (excludes halogenated alkanes) is 1. The lowest BCUT2D eigenvalue weighted by atomic mass is 9.96. The number of ketones is 1. The molecule has 0 amide bonds. The molecule has 128 valence electrons. The van der Waals surface area contributed by atoms with Crippen LogP contribution in [0.25, 0.3) is 11.1 Å². The van der Waals surface area contributed by atoms with Crippen LogP contribution in [0.4, 0.5) is 5.69 Å². The Morgan fingerprint density at radius 1 is 1.16 bits per heavy atom. The second kappa shape index (κ2) is 7.10. The van der Waals surface area contributed by atoms with Crippen LogP contribution >= 0.6 is 0 Å². The first kappa shape index (κ1) is 17.2. The van der Waals surface area contributed by atoms with Gasteiger partial charge in [0, 0.05) is 11.3 Å². The summed E-state index contributed by atoms with van der Waals surface area (Å²) < 4.78 is 0. The van der Waals surface area contributed by atoms with Gasteiger partial charge in [0.05, 0.1) is 0 Å². The van der Waals surface area contributed by atoms with E-state index < -0.39 is 6.04 Å². The van der Waals surface area contributed by atoms with Gasteiger partial charge in [-0.2, -0.15) is 0 Å². The Kier molecular flexibility index (Phi) is 4.89. The smallest absolute Gasteiger partial charge is 0.190 e. The number of nitrogens with one attached hydrogen (secondary N) is 1. The zero-order chi connectivity index (χ0) is 18.0. The van der Waals surface area contributed by atoms with Gasteiger partial charge in [0.2, 0.25) is 0 Å². The van der Waals surface area contributed by atoms with Gasteiger partial charge in [0.1, 0.15) is 6.04 Å². The minimum absolute atomic E-state index is 0.0903. The average Bonchev–Trinajstić information content (AvgIpc) is 2.86. The molecule has 2 heteroatoms. The van der Waals surface area contributed by atoms with Crippen molar-refractivity contribution in [2.24, 2.45) is 0 Å². The molecular weight excluding hydrogens is 306 g/mol. The summed E-state index contributed by atoms with van der Waals surface area (Å²) in [6.07, 6.45) is 3.39. The maximum absolute atomic E-state index is 12.7. The van der Waals surface area contributed by atoms with Crippen molar-refractivity contribution < 1.29 is 4.79 Å². The highest BCUT2D eigenvalue weighted by molar-refractivity contribution is 6.17. The summed E-state index contributed by atoms with van der Waals surface area (Å²) in [4.78, 5) is 12.7.